The van der Waals surface area contributed by atoms with Gasteiger partial charge in [-0.05, 0) is 19.4 Å². The number of hydrogen-bond acceptors (Lipinski definition) is 7. The van der Waals surface area contributed by atoms with Gasteiger partial charge in [-0.25, -0.2) is 9.59 Å². The summed E-state index contributed by atoms with van der Waals surface area (Å²) in [5.41, 5.74) is 7.20. The Kier molecular flexibility index (Phi) is 5.27. The Morgan fingerprint density at radius 2 is 1.85 bits per heavy atom. The molecule has 1 aromatic rings. The number of methoxy groups -OCH3 is 1. The van der Waals surface area contributed by atoms with Crippen LogP contribution < -0.4 is 5.73 Å². The smallest absolute Gasteiger partial charge is 0.338 e. The van der Waals surface area contributed by atoms with Crippen molar-refractivity contribution in [3.63, 3.8) is 0 Å². The monoisotopic (exact) mass is 388 g/mol. The average molecular weight is 388 g/mol. The zero-order valence-corrected chi connectivity index (χ0v) is 16.0. The van der Waals surface area contributed by atoms with E-state index in [0.717, 1.165) is 0 Å². The zero-order valence-electron chi connectivity index (χ0n) is 15.2. The quantitative estimate of drug-likeness (QED) is 0.786. The highest BCUT2D eigenvalue weighted by Crippen LogP contribution is 2.49. The highest BCUT2D eigenvalue weighted by atomic mass is 32.2. The van der Waals surface area contributed by atoms with Crippen LogP contribution in [0.5, 0.6) is 0 Å². The molecule has 2 atom stereocenters. The molecule has 0 bridgehead atoms. The number of carbonyl (C=O) groups is 3. The number of nitrogens with zero attached hydrogens (tertiary/aromatic N) is 1. The average Bonchev–Trinajstić information content (AvgIpc) is 2.96. The number of ether oxygens (including phenoxy) is 2. The number of thioether (sulfide) groups is 1. The van der Waals surface area contributed by atoms with Gasteiger partial charge >= 0.3 is 11.9 Å². The van der Waals surface area contributed by atoms with Crippen molar-refractivity contribution < 1.29 is 23.9 Å². The first kappa shape index (κ1) is 19.0. The molecule has 2 heterocycles. The lowest BCUT2D eigenvalue weighted by atomic mass is 9.82. The molecule has 2 unspecified atom stereocenters. The second-order valence-electron chi connectivity index (χ2n) is 6.01. The van der Waals surface area contributed by atoms with Crippen molar-refractivity contribution in [2.24, 2.45) is 5.73 Å². The summed E-state index contributed by atoms with van der Waals surface area (Å²) in [5.74, 6) is -2.37. The van der Waals surface area contributed by atoms with Crippen LogP contribution in [0.4, 0.5) is 0 Å². The third-order valence-electron chi connectivity index (χ3n) is 4.42. The fraction of sp³-hybridized carbons (Fsp3) is 0.316. The van der Waals surface area contributed by atoms with E-state index < -0.39 is 23.1 Å². The molecular weight excluding hydrogens is 368 g/mol. The molecule has 142 valence electrons. The molecule has 0 aliphatic carbocycles. The van der Waals surface area contributed by atoms with E-state index in [1.54, 1.807) is 38.1 Å². The lowest BCUT2D eigenvalue weighted by Gasteiger charge is -2.33. The van der Waals surface area contributed by atoms with E-state index in [9.17, 15) is 14.4 Å². The molecular formula is C19H20N2O5S. The lowest BCUT2D eigenvalue weighted by molar-refractivity contribution is -0.139. The van der Waals surface area contributed by atoms with E-state index >= 15 is 0 Å². The number of fused-ring (bicyclic) bond motifs is 1. The van der Waals surface area contributed by atoms with Gasteiger partial charge in [-0.3, -0.25) is 9.69 Å². The zero-order chi connectivity index (χ0) is 19.7. The van der Waals surface area contributed by atoms with Gasteiger partial charge < -0.3 is 15.2 Å². The van der Waals surface area contributed by atoms with Gasteiger partial charge in [0, 0.05) is 0 Å². The highest BCUT2D eigenvalue weighted by molar-refractivity contribution is 8.04. The minimum absolute atomic E-state index is 0.0133. The van der Waals surface area contributed by atoms with Crippen LogP contribution in [0.3, 0.4) is 0 Å². The van der Waals surface area contributed by atoms with Crippen LogP contribution in [0.25, 0.3) is 0 Å². The van der Waals surface area contributed by atoms with Crippen molar-refractivity contribution in [3.8, 4) is 0 Å². The van der Waals surface area contributed by atoms with Crippen LogP contribution in [0.2, 0.25) is 0 Å². The molecule has 7 nitrogen and oxygen atoms in total. The van der Waals surface area contributed by atoms with Gasteiger partial charge in [0.1, 0.15) is 5.82 Å². The Bertz CT molecular complexity index is 862. The maximum atomic E-state index is 12.9. The summed E-state index contributed by atoms with van der Waals surface area (Å²) in [6, 6.07) is 9.02. The minimum atomic E-state index is -0.783. The number of benzene rings is 1. The van der Waals surface area contributed by atoms with E-state index in [-0.39, 0.29) is 29.5 Å². The summed E-state index contributed by atoms with van der Waals surface area (Å²) in [4.78, 5) is 39.3. The van der Waals surface area contributed by atoms with Crippen molar-refractivity contribution in [1.29, 1.82) is 0 Å². The Balaban J connectivity index is 2.30. The van der Waals surface area contributed by atoms with Gasteiger partial charge in [-0.15, -0.1) is 0 Å². The first-order valence-electron chi connectivity index (χ1n) is 8.47. The molecule has 1 fully saturated rings. The molecule has 0 saturated carbocycles. The van der Waals surface area contributed by atoms with Gasteiger partial charge in [0.25, 0.3) is 0 Å². The molecule has 0 spiro atoms. The highest BCUT2D eigenvalue weighted by Gasteiger charge is 2.48. The fourth-order valence-corrected chi connectivity index (χ4v) is 4.39. The van der Waals surface area contributed by atoms with Gasteiger partial charge in [0.15, 0.2) is 0 Å². The molecule has 0 radical (unpaired) electrons. The third kappa shape index (κ3) is 3.10. The normalized spacial score (nSPS) is 22.0. The molecule has 27 heavy (non-hydrogen) atoms. The topological polar surface area (TPSA) is 98.9 Å². The summed E-state index contributed by atoms with van der Waals surface area (Å²) in [7, 11) is 1.23. The van der Waals surface area contributed by atoms with E-state index in [0.29, 0.717) is 10.6 Å². The van der Waals surface area contributed by atoms with Gasteiger partial charge in [0.05, 0.1) is 41.1 Å². The Labute approximate surface area is 161 Å². The number of carbonyl (C=O) groups excluding carboxylic acids is 3. The van der Waals surface area contributed by atoms with Crippen molar-refractivity contribution in [1.82, 2.24) is 4.90 Å². The van der Waals surface area contributed by atoms with Crippen molar-refractivity contribution >= 4 is 29.6 Å². The molecule has 1 saturated heterocycles. The number of hydrogen-bond donors (Lipinski definition) is 1. The second kappa shape index (κ2) is 7.48. The number of amides is 1. The van der Waals surface area contributed by atoms with Gasteiger partial charge in [-0.1, -0.05) is 42.1 Å². The van der Waals surface area contributed by atoms with Crippen LogP contribution in [0.15, 0.2) is 52.3 Å². The van der Waals surface area contributed by atoms with Crippen molar-refractivity contribution in [3.05, 3.63) is 57.9 Å². The lowest BCUT2D eigenvalue weighted by Crippen LogP contribution is -2.40. The van der Waals surface area contributed by atoms with E-state index in [4.69, 9.17) is 15.2 Å². The van der Waals surface area contributed by atoms with Crippen LogP contribution in [0.1, 0.15) is 25.3 Å². The summed E-state index contributed by atoms with van der Waals surface area (Å²) in [6.07, 6.45) is 0. The third-order valence-corrected chi connectivity index (χ3v) is 5.60. The van der Waals surface area contributed by atoms with Gasteiger partial charge in [0.2, 0.25) is 5.91 Å². The largest absolute Gasteiger partial charge is 0.466 e. The number of nitrogens with two attached hydrogens (primary N) is 1. The van der Waals surface area contributed by atoms with Gasteiger partial charge in [-0.2, -0.15) is 0 Å². The Morgan fingerprint density at radius 1 is 1.19 bits per heavy atom. The van der Waals surface area contributed by atoms with E-state index in [1.807, 2.05) is 6.07 Å². The molecule has 2 aliphatic rings. The first-order chi connectivity index (χ1) is 12.9. The summed E-state index contributed by atoms with van der Waals surface area (Å²) in [5, 5.41) is -0.0265. The molecule has 1 aromatic carbocycles. The van der Waals surface area contributed by atoms with Crippen LogP contribution >= 0.6 is 11.8 Å². The van der Waals surface area contributed by atoms with Crippen molar-refractivity contribution in [2.75, 3.05) is 13.7 Å². The first-order valence-corrected chi connectivity index (χ1v) is 9.35. The maximum Gasteiger partial charge on any atom is 0.338 e. The van der Waals surface area contributed by atoms with Crippen LogP contribution in [0, 0.1) is 0 Å². The molecule has 0 aromatic heterocycles. The van der Waals surface area contributed by atoms with E-state index in [1.165, 1.54) is 23.8 Å². The minimum Gasteiger partial charge on any atom is -0.466 e. The van der Waals surface area contributed by atoms with Crippen LogP contribution in [-0.4, -0.2) is 41.7 Å². The van der Waals surface area contributed by atoms with Crippen LogP contribution in [-0.2, 0) is 23.9 Å². The Morgan fingerprint density at radius 3 is 2.44 bits per heavy atom. The molecule has 1 amide bonds. The fourth-order valence-electron chi connectivity index (χ4n) is 3.23. The summed E-state index contributed by atoms with van der Waals surface area (Å²) >= 11 is 1.23. The summed E-state index contributed by atoms with van der Waals surface area (Å²) in [6.45, 7) is 3.59. The standard InChI is InChI=1S/C19H20N2O5S/c1-4-26-19(24)14-12(11-8-6-5-7-9-11)13(18(23)25-3)15(20)21-16(22)10(2)27-17(14)21/h5-10,12H,4,20H2,1-3H3. The van der Waals surface area contributed by atoms with Crippen molar-refractivity contribution in [2.45, 2.75) is 25.0 Å². The molecule has 8 heteroatoms. The predicted molar refractivity (Wildman–Crippen MR) is 100.0 cm³/mol. The Hall–Kier alpha value is -2.74. The maximum absolute atomic E-state index is 12.9. The number of esters is 2. The molecule has 2 N–H and O–H groups in total. The SMILES string of the molecule is CCOC(=O)C1=C2SC(C)C(=O)N2C(N)=C(C(=O)OC)C1c1ccccc1. The number of rotatable bonds is 4. The molecule has 2 aliphatic heterocycles. The predicted octanol–water partition coefficient (Wildman–Crippen LogP) is 1.87. The molecule has 3 rings (SSSR count). The summed E-state index contributed by atoms with van der Waals surface area (Å²) < 4.78 is 10.2. The van der Waals surface area contributed by atoms with E-state index in [2.05, 4.69) is 0 Å². The second-order valence-corrected chi connectivity index (χ2v) is 7.34.